The summed E-state index contributed by atoms with van der Waals surface area (Å²) >= 11 is 1.73. The molecule has 1 aromatic rings. The van der Waals surface area contributed by atoms with Gasteiger partial charge in [0, 0.05) is 18.8 Å². The Bertz CT molecular complexity index is 440. The van der Waals surface area contributed by atoms with Crippen LogP contribution in [0, 0.1) is 12.3 Å². The third-order valence-corrected chi connectivity index (χ3v) is 3.47. The Morgan fingerprint density at radius 1 is 1.42 bits per heavy atom. The third kappa shape index (κ3) is 6.32. The van der Waals surface area contributed by atoms with Gasteiger partial charge in [-0.2, -0.15) is 0 Å². The van der Waals surface area contributed by atoms with Crippen LogP contribution in [0.25, 0.3) is 0 Å². The normalized spacial score (nSPS) is 9.89. The van der Waals surface area contributed by atoms with Crippen molar-refractivity contribution >= 4 is 17.7 Å². The minimum atomic E-state index is -0.211. The van der Waals surface area contributed by atoms with Crippen LogP contribution in [0.3, 0.4) is 0 Å². The number of carbonyl (C=O) groups excluding carboxylic acids is 1. The summed E-state index contributed by atoms with van der Waals surface area (Å²) < 4.78 is 4.70. The maximum absolute atomic E-state index is 11.3. The summed E-state index contributed by atoms with van der Waals surface area (Å²) in [6.07, 6.45) is 5.50. The van der Waals surface area contributed by atoms with Gasteiger partial charge in [0.05, 0.1) is 19.3 Å². The number of terminal acetylenes is 1. The van der Waals surface area contributed by atoms with Crippen molar-refractivity contribution < 1.29 is 9.53 Å². The summed E-state index contributed by atoms with van der Waals surface area (Å²) in [4.78, 5) is 11.3. The molecular formula is C15H19NO2S. The second kappa shape index (κ2) is 9.48. The Balaban J connectivity index is 2.40. The quantitative estimate of drug-likeness (QED) is 0.447. The van der Waals surface area contributed by atoms with E-state index in [0.29, 0.717) is 6.42 Å². The number of ether oxygens (including phenoxy) is 1. The summed E-state index contributed by atoms with van der Waals surface area (Å²) in [5.74, 6) is 4.13. The highest BCUT2D eigenvalue weighted by Crippen LogP contribution is 2.10. The van der Waals surface area contributed by atoms with E-state index in [4.69, 9.17) is 11.2 Å². The fraction of sp³-hybridized carbons (Fsp3) is 0.400. The largest absolute Gasteiger partial charge is 0.469 e. The molecular weight excluding hydrogens is 258 g/mol. The van der Waals surface area contributed by atoms with Crippen molar-refractivity contribution in [3.05, 3.63) is 35.4 Å². The van der Waals surface area contributed by atoms with Gasteiger partial charge in [-0.25, -0.2) is 0 Å². The van der Waals surface area contributed by atoms with E-state index in [1.807, 2.05) is 24.3 Å². The summed E-state index contributed by atoms with van der Waals surface area (Å²) in [5, 5.41) is 3.35. The molecule has 0 spiro atoms. The predicted octanol–water partition coefficient (Wildman–Crippen LogP) is 1.86. The Hall–Kier alpha value is -1.44. The average molecular weight is 277 g/mol. The standard InChI is InChI=1S/C15H19NO2S/c1-3-9-19-10-8-16-12-14-7-5-4-6-13(14)11-15(17)18-2/h1,4-7,16H,8-12H2,2H3. The topological polar surface area (TPSA) is 38.3 Å². The maximum Gasteiger partial charge on any atom is 0.309 e. The van der Waals surface area contributed by atoms with E-state index in [0.717, 1.165) is 35.7 Å². The molecule has 0 bridgehead atoms. The second-order valence-electron chi connectivity index (χ2n) is 3.96. The Kier molecular flexibility index (Phi) is 7.80. The van der Waals surface area contributed by atoms with Crippen molar-refractivity contribution in [2.45, 2.75) is 13.0 Å². The Morgan fingerprint density at radius 2 is 2.16 bits per heavy atom. The molecule has 0 aliphatic rings. The van der Waals surface area contributed by atoms with Gasteiger partial charge in [0.15, 0.2) is 0 Å². The maximum atomic E-state index is 11.3. The predicted molar refractivity (Wildman–Crippen MR) is 80.0 cm³/mol. The van der Waals surface area contributed by atoms with Crippen LogP contribution in [0.15, 0.2) is 24.3 Å². The van der Waals surface area contributed by atoms with E-state index in [1.54, 1.807) is 11.8 Å². The van der Waals surface area contributed by atoms with Gasteiger partial charge in [0.1, 0.15) is 0 Å². The molecule has 0 amide bonds. The summed E-state index contributed by atoms with van der Waals surface area (Å²) in [7, 11) is 1.41. The highest BCUT2D eigenvalue weighted by Gasteiger charge is 2.07. The number of esters is 1. The monoisotopic (exact) mass is 277 g/mol. The van der Waals surface area contributed by atoms with Gasteiger partial charge in [0.25, 0.3) is 0 Å². The van der Waals surface area contributed by atoms with Gasteiger partial charge in [0.2, 0.25) is 0 Å². The van der Waals surface area contributed by atoms with Gasteiger partial charge in [-0.05, 0) is 11.1 Å². The van der Waals surface area contributed by atoms with Crippen molar-refractivity contribution in [1.29, 1.82) is 0 Å². The molecule has 0 fully saturated rings. The van der Waals surface area contributed by atoms with Crippen molar-refractivity contribution in [3.63, 3.8) is 0 Å². The zero-order chi connectivity index (χ0) is 13.9. The number of thioether (sulfide) groups is 1. The molecule has 0 heterocycles. The highest BCUT2D eigenvalue weighted by atomic mass is 32.2. The average Bonchev–Trinajstić information content (AvgIpc) is 2.44. The Labute approximate surface area is 119 Å². The van der Waals surface area contributed by atoms with E-state index < -0.39 is 0 Å². The lowest BCUT2D eigenvalue weighted by atomic mass is 10.0. The van der Waals surface area contributed by atoms with Gasteiger partial charge in [-0.3, -0.25) is 4.79 Å². The first-order chi connectivity index (χ1) is 9.27. The molecule has 0 radical (unpaired) electrons. The summed E-state index contributed by atoms with van der Waals surface area (Å²) in [6, 6.07) is 7.90. The van der Waals surface area contributed by atoms with Crippen molar-refractivity contribution in [2.75, 3.05) is 25.2 Å². The van der Waals surface area contributed by atoms with Crippen LogP contribution in [0.5, 0.6) is 0 Å². The molecule has 102 valence electrons. The SMILES string of the molecule is C#CCSCCNCc1ccccc1CC(=O)OC. The number of benzene rings is 1. The third-order valence-electron chi connectivity index (χ3n) is 2.60. The zero-order valence-electron chi connectivity index (χ0n) is 11.1. The van der Waals surface area contributed by atoms with Gasteiger partial charge >= 0.3 is 5.97 Å². The fourth-order valence-electron chi connectivity index (χ4n) is 1.63. The van der Waals surface area contributed by atoms with Crippen LogP contribution in [0.4, 0.5) is 0 Å². The molecule has 4 heteroatoms. The molecule has 3 nitrogen and oxygen atoms in total. The molecule has 0 unspecified atom stereocenters. The number of methoxy groups -OCH3 is 1. The highest BCUT2D eigenvalue weighted by molar-refractivity contribution is 7.99. The van der Waals surface area contributed by atoms with Crippen LogP contribution in [0.1, 0.15) is 11.1 Å². The van der Waals surface area contributed by atoms with E-state index in [-0.39, 0.29) is 5.97 Å². The van der Waals surface area contributed by atoms with Crippen LogP contribution in [0.2, 0.25) is 0 Å². The first-order valence-electron chi connectivity index (χ1n) is 6.13. The molecule has 0 saturated heterocycles. The first-order valence-corrected chi connectivity index (χ1v) is 7.29. The van der Waals surface area contributed by atoms with Crippen LogP contribution >= 0.6 is 11.8 Å². The fourth-order valence-corrected chi connectivity index (χ4v) is 2.18. The molecule has 0 saturated carbocycles. The zero-order valence-corrected chi connectivity index (χ0v) is 12.0. The smallest absolute Gasteiger partial charge is 0.309 e. The minimum Gasteiger partial charge on any atom is -0.469 e. The molecule has 1 N–H and O–H groups in total. The van der Waals surface area contributed by atoms with E-state index in [2.05, 4.69) is 11.2 Å². The number of nitrogens with one attached hydrogen (secondary N) is 1. The number of hydrogen-bond acceptors (Lipinski definition) is 4. The van der Waals surface area contributed by atoms with Crippen molar-refractivity contribution in [1.82, 2.24) is 5.32 Å². The molecule has 1 aromatic carbocycles. The van der Waals surface area contributed by atoms with Crippen LogP contribution in [-0.4, -0.2) is 31.1 Å². The molecule has 0 atom stereocenters. The summed E-state index contributed by atoms with van der Waals surface area (Å²) in [5.41, 5.74) is 2.15. The lowest BCUT2D eigenvalue weighted by Crippen LogP contribution is -2.18. The second-order valence-corrected chi connectivity index (χ2v) is 5.06. The Morgan fingerprint density at radius 3 is 2.84 bits per heavy atom. The lowest BCUT2D eigenvalue weighted by Gasteiger charge is -2.09. The van der Waals surface area contributed by atoms with Crippen LogP contribution in [-0.2, 0) is 22.5 Å². The van der Waals surface area contributed by atoms with Gasteiger partial charge in [-0.15, -0.1) is 18.2 Å². The number of carbonyl (C=O) groups is 1. The van der Waals surface area contributed by atoms with Crippen LogP contribution < -0.4 is 5.32 Å². The first kappa shape index (κ1) is 15.6. The molecule has 1 rings (SSSR count). The molecule has 0 aliphatic carbocycles. The summed E-state index contributed by atoms with van der Waals surface area (Å²) in [6.45, 7) is 1.66. The van der Waals surface area contributed by atoms with Crippen molar-refractivity contribution in [2.24, 2.45) is 0 Å². The van der Waals surface area contributed by atoms with Crippen molar-refractivity contribution in [3.8, 4) is 12.3 Å². The number of rotatable bonds is 8. The van der Waals surface area contributed by atoms with E-state index in [9.17, 15) is 4.79 Å². The van der Waals surface area contributed by atoms with Gasteiger partial charge in [-0.1, -0.05) is 30.2 Å². The van der Waals surface area contributed by atoms with E-state index >= 15 is 0 Å². The van der Waals surface area contributed by atoms with E-state index in [1.165, 1.54) is 7.11 Å². The number of hydrogen-bond donors (Lipinski definition) is 1. The lowest BCUT2D eigenvalue weighted by molar-refractivity contribution is -0.139. The molecule has 19 heavy (non-hydrogen) atoms. The minimum absolute atomic E-state index is 0.211. The molecule has 0 aliphatic heterocycles. The molecule has 0 aromatic heterocycles. The van der Waals surface area contributed by atoms with Gasteiger partial charge < -0.3 is 10.1 Å².